The lowest BCUT2D eigenvalue weighted by Crippen LogP contribution is -2.45. The number of fused-ring (bicyclic) bond motifs is 5. The molecule has 1 aromatic rings. The first-order valence-corrected chi connectivity index (χ1v) is 8.55. The molecule has 122 valence electrons. The number of nitrogens with zero attached hydrogens (tertiary/aromatic N) is 1. The van der Waals surface area contributed by atoms with E-state index in [0.29, 0.717) is 12.8 Å². The Morgan fingerprint density at radius 2 is 1.52 bits per heavy atom. The summed E-state index contributed by atoms with van der Waals surface area (Å²) >= 11 is 0. The number of hydrogen-bond donors (Lipinski definition) is 2. The third-order valence-electron chi connectivity index (χ3n) is 5.74. The number of nitrogens with one attached hydrogen (secondary N) is 1. The Bertz CT molecular complexity index is 606. The summed E-state index contributed by atoms with van der Waals surface area (Å²) in [6.07, 6.45) is 4.93. The zero-order valence-corrected chi connectivity index (χ0v) is 13.1. The van der Waals surface area contributed by atoms with Gasteiger partial charge in [0.15, 0.2) is 0 Å². The van der Waals surface area contributed by atoms with Crippen LogP contribution in [0.15, 0.2) is 24.3 Å². The zero-order valence-electron chi connectivity index (χ0n) is 13.1. The van der Waals surface area contributed by atoms with Gasteiger partial charge in [-0.2, -0.15) is 0 Å². The molecule has 2 aliphatic heterocycles. The minimum absolute atomic E-state index is 0.0208. The number of rotatable bonds is 2. The quantitative estimate of drug-likeness (QED) is 0.880. The summed E-state index contributed by atoms with van der Waals surface area (Å²) < 4.78 is 0. The van der Waals surface area contributed by atoms with E-state index in [4.69, 9.17) is 5.11 Å². The summed E-state index contributed by atoms with van der Waals surface area (Å²) in [6, 6.07) is 8.92. The van der Waals surface area contributed by atoms with E-state index in [0.717, 1.165) is 25.7 Å². The lowest BCUT2D eigenvalue weighted by Gasteiger charge is -2.30. The van der Waals surface area contributed by atoms with Crippen molar-refractivity contribution in [3.63, 3.8) is 0 Å². The van der Waals surface area contributed by atoms with Gasteiger partial charge in [-0.15, -0.1) is 0 Å². The Morgan fingerprint density at radius 3 is 2.04 bits per heavy atom. The lowest BCUT2D eigenvalue weighted by atomic mass is 9.86. The number of aliphatic carboxylic acids is 1. The van der Waals surface area contributed by atoms with Crippen LogP contribution in [0.2, 0.25) is 0 Å². The molecule has 2 atom stereocenters. The Hall–Kier alpha value is -2.04. The van der Waals surface area contributed by atoms with Crippen molar-refractivity contribution in [1.82, 2.24) is 10.2 Å². The predicted octanol–water partition coefficient (Wildman–Crippen LogP) is 3.23. The molecular formula is C18H22N2O3. The number of urea groups is 1. The molecule has 0 aromatic heterocycles. The summed E-state index contributed by atoms with van der Waals surface area (Å²) in [7, 11) is 0. The van der Waals surface area contributed by atoms with E-state index in [2.05, 4.69) is 17.4 Å². The maximum Gasteiger partial charge on any atom is 0.318 e. The number of carbonyl (C=O) groups excluding carboxylic acids is 1. The molecule has 5 nitrogen and oxygen atoms in total. The fraction of sp³-hybridized carbons (Fsp3) is 0.556. The molecular weight excluding hydrogens is 292 g/mol. The molecule has 2 bridgehead atoms. The normalized spacial score (nSPS) is 31.7. The van der Waals surface area contributed by atoms with Gasteiger partial charge in [-0.1, -0.05) is 24.3 Å². The second-order valence-corrected chi connectivity index (χ2v) is 6.98. The Balaban J connectivity index is 1.41. The van der Waals surface area contributed by atoms with Crippen molar-refractivity contribution in [2.45, 2.75) is 56.7 Å². The highest BCUT2D eigenvalue weighted by atomic mass is 16.4. The van der Waals surface area contributed by atoms with Crippen molar-refractivity contribution in [3.8, 4) is 0 Å². The molecule has 2 amide bonds. The van der Waals surface area contributed by atoms with Crippen molar-refractivity contribution in [2.24, 2.45) is 5.92 Å². The van der Waals surface area contributed by atoms with Gasteiger partial charge in [0.05, 0.1) is 18.0 Å². The van der Waals surface area contributed by atoms with Gasteiger partial charge in [0.1, 0.15) is 0 Å². The summed E-state index contributed by atoms with van der Waals surface area (Å²) in [6.45, 7) is 0. The number of hydrogen-bond acceptors (Lipinski definition) is 2. The van der Waals surface area contributed by atoms with Crippen molar-refractivity contribution >= 4 is 12.0 Å². The van der Waals surface area contributed by atoms with Gasteiger partial charge in [-0.05, 0) is 49.7 Å². The predicted molar refractivity (Wildman–Crippen MR) is 84.9 cm³/mol. The van der Waals surface area contributed by atoms with Gasteiger partial charge in [-0.3, -0.25) is 4.79 Å². The van der Waals surface area contributed by atoms with Gasteiger partial charge < -0.3 is 15.3 Å². The van der Waals surface area contributed by atoms with Crippen molar-refractivity contribution < 1.29 is 14.7 Å². The number of amides is 2. The van der Waals surface area contributed by atoms with E-state index in [1.807, 2.05) is 17.0 Å². The minimum atomic E-state index is -0.706. The van der Waals surface area contributed by atoms with E-state index in [-0.39, 0.29) is 30.1 Å². The Kier molecular flexibility index (Phi) is 3.51. The lowest BCUT2D eigenvalue weighted by molar-refractivity contribution is -0.142. The van der Waals surface area contributed by atoms with Crippen LogP contribution in [0.5, 0.6) is 0 Å². The first-order valence-electron chi connectivity index (χ1n) is 8.55. The molecule has 3 aliphatic rings. The maximum absolute atomic E-state index is 12.8. The molecule has 2 N–H and O–H groups in total. The van der Waals surface area contributed by atoms with Gasteiger partial charge in [0.25, 0.3) is 0 Å². The average Bonchev–Trinajstić information content (AvgIpc) is 3.13. The van der Waals surface area contributed by atoms with Crippen LogP contribution in [0.1, 0.15) is 61.7 Å². The SMILES string of the molecule is O=C(O)C1CCC(NC(=O)N2C3CCC2c2ccccc23)CC1. The molecule has 2 heterocycles. The zero-order chi connectivity index (χ0) is 16.0. The largest absolute Gasteiger partial charge is 0.481 e. The van der Waals surface area contributed by atoms with E-state index in [1.54, 1.807) is 0 Å². The van der Waals surface area contributed by atoms with Crippen LogP contribution in [0.3, 0.4) is 0 Å². The van der Waals surface area contributed by atoms with Crippen LogP contribution in [-0.2, 0) is 4.79 Å². The minimum Gasteiger partial charge on any atom is -0.481 e. The third kappa shape index (κ3) is 2.38. The van der Waals surface area contributed by atoms with Crippen LogP contribution in [0, 0.1) is 5.92 Å². The molecule has 2 unspecified atom stereocenters. The van der Waals surface area contributed by atoms with Crippen LogP contribution < -0.4 is 5.32 Å². The number of carboxylic acid groups (broad SMARTS) is 1. The monoisotopic (exact) mass is 314 g/mol. The van der Waals surface area contributed by atoms with E-state index < -0.39 is 5.97 Å². The smallest absolute Gasteiger partial charge is 0.318 e. The number of benzene rings is 1. The van der Waals surface area contributed by atoms with Crippen LogP contribution in [0.4, 0.5) is 4.79 Å². The highest BCUT2D eigenvalue weighted by Gasteiger charge is 2.46. The second-order valence-electron chi connectivity index (χ2n) is 6.98. The van der Waals surface area contributed by atoms with E-state index >= 15 is 0 Å². The molecule has 1 saturated heterocycles. The molecule has 4 rings (SSSR count). The molecule has 1 aromatic carbocycles. The summed E-state index contributed by atoms with van der Waals surface area (Å²) in [5.74, 6) is -0.946. The highest BCUT2D eigenvalue weighted by molar-refractivity contribution is 5.77. The molecule has 1 saturated carbocycles. The molecule has 5 heteroatoms. The average molecular weight is 314 g/mol. The van der Waals surface area contributed by atoms with Gasteiger partial charge in [-0.25, -0.2) is 4.79 Å². The maximum atomic E-state index is 12.8. The summed E-state index contributed by atoms with van der Waals surface area (Å²) in [5.41, 5.74) is 2.60. The first kappa shape index (κ1) is 14.5. The third-order valence-corrected chi connectivity index (χ3v) is 5.74. The van der Waals surface area contributed by atoms with Crippen molar-refractivity contribution in [2.75, 3.05) is 0 Å². The van der Waals surface area contributed by atoms with Gasteiger partial charge in [0, 0.05) is 6.04 Å². The summed E-state index contributed by atoms with van der Waals surface area (Å²) in [4.78, 5) is 25.8. The molecule has 0 spiro atoms. The van der Waals surface area contributed by atoms with Gasteiger partial charge in [0.2, 0.25) is 0 Å². The first-order chi connectivity index (χ1) is 11.1. The van der Waals surface area contributed by atoms with Crippen molar-refractivity contribution in [1.29, 1.82) is 0 Å². The summed E-state index contributed by atoms with van der Waals surface area (Å²) in [5, 5.41) is 12.2. The number of carboxylic acids is 1. The Morgan fingerprint density at radius 1 is 0.957 bits per heavy atom. The molecule has 23 heavy (non-hydrogen) atoms. The number of carbonyl (C=O) groups is 2. The second kappa shape index (κ2) is 5.55. The molecule has 0 radical (unpaired) electrons. The standard InChI is InChI=1S/C18H22N2O3/c21-17(22)11-5-7-12(8-6-11)19-18(23)20-15-9-10-16(20)14-4-2-1-3-13(14)15/h1-4,11-12,15-16H,5-10H2,(H,19,23)(H,21,22). The van der Waals surface area contributed by atoms with Crippen LogP contribution >= 0.6 is 0 Å². The van der Waals surface area contributed by atoms with Gasteiger partial charge >= 0.3 is 12.0 Å². The molecule has 1 aliphatic carbocycles. The van der Waals surface area contributed by atoms with Crippen LogP contribution in [-0.4, -0.2) is 28.0 Å². The Labute approximate surface area is 135 Å². The topological polar surface area (TPSA) is 69.6 Å². The fourth-order valence-corrected chi connectivity index (χ4v) is 4.56. The van der Waals surface area contributed by atoms with Crippen LogP contribution in [0.25, 0.3) is 0 Å². The van der Waals surface area contributed by atoms with Crippen molar-refractivity contribution in [3.05, 3.63) is 35.4 Å². The molecule has 2 fully saturated rings. The van der Waals surface area contributed by atoms with E-state index in [1.165, 1.54) is 11.1 Å². The fourth-order valence-electron chi connectivity index (χ4n) is 4.56. The van der Waals surface area contributed by atoms with E-state index in [9.17, 15) is 9.59 Å². The highest BCUT2D eigenvalue weighted by Crippen LogP contribution is 2.52.